The molecule has 3 rings (SSSR count). The maximum Gasteiger partial charge on any atom is 0.240 e. The number of carbonyl (C=O) groups is 9. The fraction of sp³-hybridized carbons (Fsp3) is 0.621. The molecule has 0 aromatic heterocycles. The van der Waals surface area contributed by atoms with Crippen molar-refractivity contribution in [2.45, 2.75) is 25.4 Å². The van der Waals surface area contributed by atoms with Crippen LogP contribution in [0.15, 0.2) is 12.2 Å². The zero-order chi connectivity index (χ0) is 36.2. The first kappa shape index (κ1) is 38.8. The molecular weight excluding hydrogens is 637 g/mol. The highest BCUT2D eigenvalue weighted by Gasteiger charge is 2.59. The number of likely N-dealkylation sites (tertiary alicyclic amines) is 1. The molecule has 4 unspecified atom stereocenters. The number of amides is 9. The summed E-state index contributed by atoms with van der Waals surface area (Å²) < 4.78 is 0. The predicted molar refractivity (Wildman–Crippen MR) is 174 cm³/mol. The summed E-state index contributed by atoms with van der Waals surface area (Å²) in [5.41, 5.74) is 5.12. The van der Waals surface area contributed by atoms with E-state index in [1.165, 1.54) is 0 Å². The molecule has 20 heteroatoms. The monoisotopic (exact) mass is 676 g/mol. The van der Waals surface area contributed by atoms with E-state index in [0.29, 0.717) is 0 Å². The summed E-state index contributed by atoms with van der Waals surface area (Å²) in [6, 6.07) is 0. The van der Waals surface area contributed by atoms with Crippen molar-refractivity contribution in [3.63, 3.8) is 0 Å². The number of nitrogens with two attached hydrogens (primary N) is 1. The third-order valence-corrected chi connectivity index (χ3v) is 8.57. The van der Waals surface area contributed by atoms with Crippen molar-refractivity contribution < 1.29 is 43.2 Å². The van der Waals surface area contributed by atoms with Crippen LogP contribution < -0.4 is 21.7 Å². The van der Waals surface area contributed by atoms with Crippen LogP contribution in [0, 0.1) is 23.7 Å². The van der Waals surface area contributed by atoms with E-state index < -0.39 is 85.5 Å². The van der Waals surface area contributed by atoms with Crippen LogP contribution in [0.2, 0.25) is 19.0 Å². The maximum atomic E-state index is 12.8. The number of nitrogens with zero attached hydrogens (tertiary/aromatic N) is 4. The number of hydrogen-bond acceptors (Lipinski definition) is 9. The van der Waals surface area contributed by atoms with Gasteiger partial charge in [0, 0.05) is 39.3 Å². The van der Waals surface area contributed by atoms with Crippen molar-refractivity contribution >= 4 is 76.7 Å². The SMILES string of the molecule is [B]CC(=O)N(CCNC(=O)CN(CCNC(=O)CN(CCNC(=O)CN1C(=O)C2C3C=CC(C3)C2C1=O)C(=O)C[B])C(=O)C[B])CC(N)=O. The molecule has 17 nitrogen and oxygen atoms in total. The highest BCUT2D eigenvalue weighted by molar-refractivity contribution is 6.20. The van der Waals surface area contributed by atoms with Gasteiger partial charge in [0.25, 0.3) is 0 Å². The van der Waals surface area contributed by atoms with E-state index in [4.69, 9.17) is 29.3 Å². The van der Waals surface area contributed by atoms with E-state index in [-0.39, 0.29) is 75.8 Å². The van der Waals surface area contributed by atoms with Crippen molar-refractivity contribution in [1.29, 1.82) is 0 Å². The number of primary amides is 1. The fourth-order valence-electron chi connectivity index (χ4n) is 6.22. The van der Waals surface area contributed by atoms with Gasteiger partial charge in [-0.2, -0.15) is 0 Å². The Morgan fingerprint density at radius 2 is 1.02 bits per heavy atom. The summed E-state index contributed by atoms with van der Waals surface area (Å²) >= 11 is 0. The van der Waals surface area contributed by atoms with Crippen LogP contribution in [0.5, 0.6) is 0 Å². The second-order valence-electron chi connectivity index (χ2n) is 11.8. The number of imide groups is 1. The standard InChI is InChI=1S/C29H39B3N8O9/c30-10-23(45)37(13-19(33)41)6-3-34-20(42)14-38(24(46)11-31)7-4-35-21(43)15-39(25(47)12-32)8-5-36-22(44)16-40-28(48)26-17-1-2-18(9-17)27(26)29(40)49/h1-2,17-18,26-27H,3-16H2,(H2,33,41)(H,34,42)(H,35,43)(H,36,44). The number of fused-ring (bicyclic) bond motifs is 5. The van der Waals surface area contributed by atoms with Gasteiger partial charge >= 0.3 is 0 Å². The van der Waals surface area contributed by atoms with Gasteiger partial charge in [0.15, 0.2) is 0 Å². The second-order valence-corrected chi connectivity index (χ2v) is 11.8. The molecule has 258 valence electrons. The summed E-state index contributed by atoms with van der Waals surface area (Å²) in [6.07, 6.45) is 3.50. The molecule has 49 heavy (non-hydrogen) atoms. The van der Waals surface area contributed by atoms with Crippen LogP contribution >= 0.6 is 0 Å². The minimum absolute atomic E-state index is 0.0180. The molecule has 6 radical (unpaired) electrons. The summed E-state index contributed by atoms with van der Waals surface area (Å²) in [5, 5.41) is 7.62. The van der Waals surface area contributed by atoms with Gasteiger partial charge in [-0.05, 0) is 37.2 Å². The first-order valence-electron chi connectivity index (χ1n) is 15.9. The Hall–Kier alpha value is -4.64. The largest absolute Gasteiger partial charge is 0.368 e. The smallest absolute Gasteiger partial charge is 0.240 e. The van der Waals surface area contributed by atoms with Crippen LogP contribution in [0.25, 0.3) is 0 Å². The average Bonchev–Trinajstić information content (AvgIpc) is 3.76. The van der Waals surface area contributed by atoms with Crippen LogP contribution in [-0.4, -0.2) is 162 Å². The van der Waals surface area contributed by atoms with Gasteiger partial charge in [-0.15, -0.1) is 0 Å². The summed E-state index contributed by atoms with van der Waals surface area (Å²) in [6.45, 7) is -2.16. The molecule has 0 aromatic rings. The molecule has 0 spiro atoms. The molecule has 5 N–H and O–H groups in total. The van der Waals surface area contributed by atoms with Gasteiger partial charge in [0.05, 0.1) is 55.0 Å². The molecule has 0 aromatic carbocycles. The lowest BCUT2D eigenvalue weighted by atomic mass is 9.85. The van der Waals surface area contributed by atoms with Crippen molar-refractivity contribution in [2.75, 3.05) is 65.4 Å². The molecule has 9 amide bonds. The quantitative estimate of drug-likeness (QED) is 0.0549. The van der Waals surface area contributed by atoms with Crippen molar-refractivity contribution in [2.24, 2.45) is 29.4 Å². The summed E-state index contributed by atoms with van der Waals surface area (Å²) in [5.74, 6) is -5.77. The lowest BCUT2D eigenvalue weighted by Gasteiger charge is -2.25. The second kappa shape index (κ2) is 18.2. The van der Waals surface area contributed by atoms with Crippen LogP contribution in [0.3, 0.4) is 0 Å². The fourth-order valence-corrected chi connectivity index (χ4v) is 6.22. The molecule has 2 bridgehead atoms. The molecule has 1 saturated heterocycles. The van der Waals surface area contributed by atoms with E-state index in [2.05, 4.69) is 16.0 Å². The lowest BCUT2D eigenvalue weighted by Crippen LogP contribution is -2.48. The van der Waals surface area contributed by atoms with Gasteiger partial charge < -0.3 is 36.4 Å². The Morgan fingerprint density at radius 3 is 1.39 bits per heavy atom. The van der Waals surface area contributed by atoms with E-state index in [0.717, 1.165) is 26.0 Å². The summed E-state index contributed by atoms with van der Waals surface area (Å²) in [4.78, 5) is 115. The molecule has 1 saturated carbocycles. The third kappa shape index (κ3) is 10.4. The highest BCUT2D eigenvalue weighted by atomic mass is 16.2. The van der Waals surface area contributed by atoms with Crippen LogP contribution in [-0.2, 0) is 43.2 Å². The molecule has 1 heterocycles. The predicted octanol–water partition coefficient (Wildman–Crippen LogP) is -5.13. The summed E-state index contributed by atoms with van der Waals surface area (Å²) in [7, 11) is 16.3. The minimum atomic E-state index is -0.756. The van der Waals surface area contributed by atoms with E-state index in [9.17, 15) is 43.2 Å². The first-order valence-corrected chi connectivity index (χ1v) is 15.9. The number of allylic oxidation sites excluding steroid dienone is 2. The Kier molecular flexibility index (Phi) is 14.4. The van der Waals surface area contributed by atoms with E-state index >= 15 is 0 Å². The van der Waals surface area contributed by atoms with Gasteiger partial charge in [-0.25, -0.2) is 0 Å². The number of nitrogens with one attached hydrogen (secondary N) is 3. The Morgan fingerprint density at radius 1 is 0.653 bits per heavy atom. The van der Waals surface area contributed by atoms with Crippen LogP contribution in [0.4, 0.5) is 0 Å². The van der Waals surface area contributed by atoms with E-state index in [1.54, 1.807) is 0 Å². The van der Waals surface area contributed by atoms with Gasteiger partial charge in [-0.1, -0.05) is 12.2 Å². The lowest BCUT2D eigenvalue weighted by molar-refractivity contribution is -0.144. The molecule has 3 aliphatic rings. The minimum Gasteiger partial charge on any atom is -0.368 e. The van der Waals surface area contributed by atoms with E-state index in [1.807, 2.05) is 12.2 Å². The topological polar surface area (TPSA) is 229 Å². The van der Waals surface area contributed by atoms with Gasteiger partial charge in [0.2, 0.25) is 53.2 Å². The van der Waals surface area contributed by atoms with Gasteiger partial charge in [-0.3, -0.25) is 48.1 Å². The third-order valence-electron chi connectivity index (χ3n) is 8.57. The highest BCUT2D eigenvalue weighted by Crippen LogP contribution is 2.52. The number of rotatable bonds is 20. The Labute approximate surface area is 287 Å². The average molecular weight is 676 g/mol. The molecule has 1 aliphatic heterocycles. The van der Waals surface area contributed by atoms with Crippen molar-refractivity contribution in [1.82, 2.24) is 35.6 Å². The Balaban J connectivity index is 1.40. The molecule has 2 aliphatic carbocycles. The Bertz CT molecular complexity index is 1340. The molecule has 4 atom stereocenters. The zero-order valence-electron chi connectivity index (χ0n) is 27.1. The number of carbonyl (C=O) groups excluding carboxylic acids is 9. The molecular formula is C29H39B3N8O9. The normalized spacial score (nSPS) is 20.0. The maximum absolute atomic E-state index is 12.8. The molecule has 2 fully saturated rings. The van der Waals surface area contributed by atoms with Gasteiger partial charge in [0.1, 0.15) is 6.54 Å². The number of hydrogen-bond donors (Lipinski definition) is 4. The van der Waals surface area contributed by atoms with Crippen molar-refractivity contribution in [3.05, 3.63) is 12.2 Å². The zero-order valence-corrected chi connectivity index (χ0v) is 27.1. The van der Waals surface area contributed by atoms with Crippen molar-refractivity contribution in [3.8, 4) is 0 Å². The first-order chi connectivity index (χ1) is 23.3. The van der Waals surface area contributed by atoms with Crippen LogP contribution in [0.1, 0.15) is 6.42 Å².